The van der Waals surface area contributed by atoms with E-state index in [0.717, 1.165) is 15.6 Å². The third-order valence-electron chi connectivity index (χ3n) is 4.71. The molecule has 0 aliphatic carbocycles. The number of nitrogens with zero attached hydrogens (tertiary/aromatic N) is 2. The summed E-state index contributed by atoms with van der Waals surface area (Å²) in [6.07, 6.45) is 5.37. The van der Waals surface area contributed by atoms with Gasteiger partial charge in [0, 0.05) is 44.5 Å². The van der Waals surface area contributed by atoms with Gasteiger partial charge < -0.3 is 9.30 Å². The van der Waals surface area contributed by atoms with Crippen LogP contribution in [0.4, 0.5) is 0 Å². The van der Waals surface area contributed by atoms with Gasteiger partial charge in [0.15, 0.2) is 0 Å². The molecule has 0 saturated heterocycles. The topological polar surface area (TPSA) is 44.1 Å². The highest BCUT2D eigenvalue weighted by atomic mass is 79.9. The van der Waals surface area contributed by atoms with Crippen molar-refractivity contribution in [1.29, 1.82) is 0 Å². The molecule has 0 atom stereocenters. The average Bonchev–Trinajstić information content (AvgIpc) is 3.22. The molecule has 1 heterocycles. The lowest BCUT2D eigenvalue weighted by Crippen LogP contribution is -2.07. The number of benzene rings is 3. The van der Waals surface area contributed by atoms with Gasteiger partial charge in [0.05, 0.1) is 5.56 Å². The Hall–Kier alpha value is -2.67. The van der Waals surface area contributed by atoms with Gasteiger partial charge in [0.25, 0.3) is 0 Å². The molecule has 0 unspecified atom stereocenters. The van der Waals surface area contributed by atoms with Crippen LogP contribution < -0.4 is 0 Å². The van der Waals surface area contributed by atoms with E-state index >= 15 is 0 Å². The maximum Gasteiger partial charge on any atom is 0.344 e. The summed E-state index contributed by atoms with van der Waals surface area (Å²) in [4.78, 5) is 17.4. The van der Waals surface area contributed by atoms with Crippen LogP contribution in [-0.2, 0) is 11.3 Å². The largest absolute Gasteiger partial charge is 0.422 e. The zero-order valence-electron chi connectivity index (χ0n) is 16.7. The second kappa shape index (κ2) is 10.3. The Kier molecular flexibility index (Phi) is 7.25. The number of ether oxygens (including phenoxy) is 1. The third kappa shape index (κ3) is 5.38. The van der Waals surface area contributed by atoms with Crippen LogP contribution in [0.2, 0.25) is 5.02 Å². The van der Waals surface area contributed by atoms with Crippen LogP contribution in [0.25, 0.3) is 11.8 Å². The van der Waals surface area contributed by atoms with Gasteiger partial charge in [-0.15, -0.1) is 0 Å². The first-order chi connectivity index (χ1) is 15.5. The van der Waals surface area contributed by atoms with E-state index in [2.05, 4.69) is 36.8 Å². The van der Waals surface area contributed by atoms with Crippen molar-refractivity contribution in [3.05, 3.63) is 122 Å². The van der Waals surface area contributed by atoms with Crippen molar-refractivity contribution in [2.24, 2.45) is 0 Å². The molecular weight excluding hydrogens is 556 g/mol. The number of rotatable bonds is 6. The predicted octanol–water partition coefficient (Wildman–Crippen LogP) is 7.46. The first-order valence-corrected chi connectivity index (χ1v) is 11.7. The summed E-state index contributed by atoms with van der Waals surface area (Å²) < 4.78 is 9.32. The number of esters is 1. The molecule has 1 aromatic heterocycles. The van der Waals surface area contributed by atoms with Gasteiger partial charge in [-0.2, -0.15) is 0 Å². The van der Waals surface area contributed by atoms with Crippen LogP contribution in [0.3, 0.4) is 0 Å². The van der Waals surface area contributed by atoms with E-state index in [1.807, 2.05) is 65.4 Å². The molecule has 0 aliphatic rings. The van der Waals surface area contributed by atoms with E-state index in [4.69, 9.17) is 16.3 Å². The molecule has 4 nitrogen and oxygen atoms in total. The van der Waals surface area contributed by atoms with Gasteiger partial charge in [-0.25, -0.2) is 9.78 Å². The molecular formula is C25H17Br2ClN2O2. The molecule has 0 saturated carbocycles. The first-order valence-electron chi connectivity index (χ1n) is 9.70. The third-order valence-corrected chi connectivity index (χ3v) is 6.34. The molecule has 4 rings (SSSR count). The number of halogens is 3. The Balaban J connectivity index is 1.70. The molecule has 0 amide bonds. The van der Waals surface area contributed by atoms with E-state index in [-0.39, 0.29) is 0 Å². The fourth-order valence-corrected chi connectivity index (χ4v) is 4.16. The van der Waals surface area contributed by atoms with Crippen LogP contribution in [0.5, 0.6) is 0 Å². The first kappa shape index (κ1) is 22.5. The van der Waals surface area contributed by atoms with Gasteiger partial charge in [-0.05, 0) is 51.8 Å². The molecule has 0 spiro atoms. The molecule has 0 radical (unpaired) electrons. The van der Waals surface area contributed by atoms with Crippen LogP contribution in [0, 0.1) is 0 Å². The molecule has 32 heavy (non-hydrogen) atoms. The van der Waals surface area contributed by atoms with Crippen molar-refractivity contribution in [1.82, 2.24) is 9.55 Å². The van der Waals surface area contributed by atoms with Gasteiger partial charge in [-0.1, -0.05) is 70.0 Å². The maximum absolute atomic E-state index is 12.9. The Labute approximate surface area is 207 Å². The second-order valence-electron chi connectivity index (χ2n) is 6.90. The lowest BCUT2D eigenvalue weighted by atomic mass is 10.1. The smallest absolute Gasteiger partial charge is 0.344 e. The van der Waals surface area contributed by atoms with Gasteiger partial charge in [0.1, 0.15) is 11.6 Å². The highest BCUT2D eigenvalue weighted by Gasteiger charge is 2.17. The lowest BCUT2D eigenvalue weighted by Gasteiger charge is -2.13. The van der Waals surface area contributed by atoms with E-state index < -0.39 is 5.97 Å². The van der Waals surface area contributed by atoms with Crippen LogP contribution in [0.1, 0.15) is 27.3 Å². The Morgan fingerprint density at radius 1 is 0.938 bits per heavy atom. The second-order valence-corrected chi connectivity index (χ2v) is 9.04. The minimum Gasteiger partial charge on any atom is -0.422 e. The predicted molar refractivity (Wildman–Crippen MR) is 134 cm³/mol. The van der Waals surface area contributed by atoms with Crippen molar-refractivity contribution in [2.45, 2.75) is 6.54 Å². The summed E-state index contributed by atoms with van der Waals surface area (Å²) in [7, 11) is 0. The Bertz CT molecular complexity index is 1280. The molecule has 0 N–H and O–H groups in total. The number of imidazole rings is 1. The molecule has 3 aromatic carbocycles. The molecule has 4 aromatic rings. The fraction of sp³-hybridized carbons (Fsp3) is 0.0400. The van der Waals surface area contributed by atoms with Crippen molar-refractivity contribution < 1.29 is 9.53 Å². The number of hydrogen-bond donors (Lipinski definition) is 0. The zero-order chi connectivity index (χ0) is 22.5. The highest BCUT2D eigenvalue weighted by molar-refractivity contribution is 9.10. The number of carbonyl (C=O) groups excluding carboxylic acids is 1. The monoisotopic (exact) mass is 570 g/mol. The summed E-state index contributed by atoms with van der Waals surface area (Å²) in [5.74, 6) is 0.586. The minimum absolute atomic E-state index is 0.391. The van der Waals surface area contributed by atoms with Crippen LogP contribution in [-0.4, -0.2) is 15.5 Å². The fourth-order valence-electron chi connectivity index (χ4n) is 3.10. The summed E-state index contributed by atoms with van der Waals surface area (Å²) in [6, 6.07) is 22.4. The quantitative estimate of drug-likeness (QED) is 0.178. The van der Waals surface area contributed by atoms with Crippen molar-refractivity contribution in [3.63, 3.8) is 0 Å². The van der Waals surface area contributed by atoms with E-state index in [1.165, 1.54) is 0 Å². The van der Waals surface area contributed by atoms with Gasteiger partial charge in [0.2, 0.25) is 0 Å². The molecule has 0 fully saturated rings. The van der Waals surface area contributed by atoms with E-state index in [0.29, 0.717) is 33.2 Å². The normalized spacial score (nSPS) is 11.4. The van der Waals surface area contributed by atoms with Crippen LogP contribution in [0.15, 0.2) is 94.1 Å². The molecule has 0 bridgehead atoms. The van der Waals surface area contributed by atoms with Crippen LogP contribution >= 0.6 is 43.5 Å². The molecule has 7 heteroatoms. The average molecular weight is 573 g/mol. The van der Waals surface area contributed by atoms with Crippen molar-refractivity contribution in [2.75, 3.05) is 0 Å². The lowest BCUT2D eigenvalue weighted by molar-refractivity contribution is 0.0692. The Morgan fingerprint density at radius 3 is 2.22 bits per heavy atom. The summed E-state index contributed by atoms with van der Waals surface area (Å²) in [6.45, 7) is 0.602. The van der Waals surface area contributed by atoms with E-state index in [1.54, 1.807) is 30.5 Å². The summed E-state index contributed by atoms with van der Waals surface area (Å²) in [5.41, 5.74) is 2.26. The molecule has 0 aliphatic heterocycles. The zero-order valence-corrected chi connectivity index (χ0v) is 20.6. The summed E-state index contributed by atoms with van der Waals surface area (Å²) >= 11 is 13.0. The van der Waals surface area contributed by atoms with E-state index in [9.17, 15) is 4.79 Å². The number of carbonyl (C=O) groups is 1. The Morgan fingerprint density at radius 2 is 1.56 bits per heavy atom. The maximum atomic E-state index is 12.9. The standard InChI is InChI=1S/C25H17Br2ClN2O2/c26-21-7-3-1-5-19(21)23(32-25(31)20-6-2-4-8-22(20)27)15-24-29-13-14-30(24)16-17-9-11-18(28)12-10-17/h1-15H,16H2/b23-15-. The number of hydrogen-bond acceptors (Lipinski definition) is 3. The highest BCUT2D eigenvalue weighted by Crippen LogP contribution is 2.29. The minimum atomic E-state index is -0.463. The SMILES string of the molecule is O=C(O/C(=C\c1nccn1Cc1ccc(Cl)cc1)c1ccccc1Br)c1ccccc1Br. The number of aromatic nitrogens is 2. The van der Waals surface area contributed by atoms with Crippen molar-refractivity contribution in [3.8, 4) is 0 Å². The summed E-state index contributed by atoms with van der Waals surface area (Å²) in [5, 5.41) is 0.690. The van der Waals surface area contributed by atoms with Gasteiger partial charge in [-0.3, -0.25) is 0 Å². The van der Waals surface area contributed by atoms with Crippen molar-refractivity contribution >= 4 is 61.3 Å². The van der Waals surface area contributed by atoms with Gasteiger partial charge >= 0.3 is 5.97 Å². The molecule has 160 valence electrons.